The SMILES string of the molecule is CCNC(=NCC(=O)Nc1cccc(CC)c1)N1CCC(OCC)CC1. The van der Waals surface area contributed by atoms with Gasteiger partial charge in [-0.2, -0.15) is 0 Å². The summed E-state index contributed by atoms with van der Waals surface area (Å²) in [5.41, 5.74) is 2.03. The van der Waals surface area contributed by atoms with E-state index in [4.69, 9.17) is 4.74 Å². The van der Waals surface area contributed by atoms with Crippen LogP contribution in [-0.2, 0) is 16.0 Å². The molecule has 1 aliphatic rings. The molecule has 0 atom stereocenters. The van der Waals surface area contributed by atoms with Gasteiger partial charge in [-0.05, 0) is 50.8 Å². The lowest BCUT2D eigenvalue weighted by Crippen LogP contribution is -2.47. The average molecular weight is 361 g/mol. The van der Waals surface area contributed by atoms with Gasteiger partial charge in [-0.25, -0.2) is 4.99 Å². The molecule has 1 fully saturated rings. The van der Waals surface area contributed by atoms with E-state index in [2.05, 4.69) is 33.5 Å². The number of carbonyl (C=O) groups excluding carboxylic acids is 1. The Labute approximate surface area is 157 Å². The van der Waals surface area contributed by atoms with Crippen molar-refractivity contribution in [1.29, 1.82) is 0 Å². The summed E-state index contributed by atoms with van der Waals surface area (Å²) >= 11 is 0. The van der Waals surface area contributed by atoms with Gasteiger partial charge in [-0.15, -0.1) is 0 Å². The minimum absolute atomic E-state index is 0.0992. The normalized spacial score (nSPS) is 15.8. The van der Waals surface area contributed by atoms with E-state index in [1.807, 2.05) is 32.0 Å². The highest BCUT2D eigenvalue weighted by Crippen LogP contribution is 2.14. The van der Waals surface area contributed by atoms with E-state index >= 15 is 0 Å². The fourth-order valence-corrected chi connectivity index (χ4v) is 3.11. The third kappa shape index (κ3) is 6.33. The quantitative estimate of drug-likeness (QED) is 0.579. The second-order valence-electron chi connectivity index (χ2n) is 6.41. The zero-order valence-electron chi connectivity index (χ0n) is 16.3. The van der Waals surface area contributed by atoms with Crippen LogP contribution in [0, 0.1) is 0 Å². The minimum atomic E-state index is -0.0992. The number of nitrogens with one attached hydrogen (secondary N) is 2. The molecule has 2 rings (SSSR count). The van der Waals surface area contributed by atoms with Gasteiger partial charge in [-0.3, -0.25) is 4.79 Å². The van der Waals surface area contributed by atoms with E-state index in [9.17, 15) is 4.79 Å². The van der Waals surface area contributed by atoms with E-state index in [-0.39, 0.29) is 12.5 Å². The third-order valence-corrected chi connectivity index (χ3v) is 4.47. The van der Waals surface area contributed by atoms with Crippen LogP contribution in [0.25, 0.3) is 0 Å². The number of carbonyl (C=O) groups is 1. The van der Waals surface area contributed by atoms with Crippen LogP contribution in [-0.4, -0.2) is 55.7 Å². The second kappa shape index (κ2) is 10.8. The Kier molecular flexibility index (Phi) is 8.41. The van der Waals surface area contributed by atoms with Crippen LogP contribution in [0.1, 0.15) is 39.2 Å². The van der Waals surface area contributed by atoms with Crippen LogP contribution >= 0.6 is 0 Å². The van der Waals surface area contributed by atoms with Crippen molar-refractivity contribution in [2.75, 3.05) is 38.1 Å². The van der Waals surface area contributed by atoms with Gasteiger partial charge in [0.1, 0.15) is 6.54 Å². The number of hydrogen-bond acceptors (Lipinski definition) is 3. The first kappa shape index (κ1) is 20.2. The van der Waals surface area contributed by atoms with E-state index < -0.39 is 0 Å². The fraction of sp³-hybridized carbons (Fsp3) is 0.600. The molecule has 1 aromatic carbocycles. The zero-order chi connectivity index (χ0) is 18.8. The Morgan fingerprint density at radius 1 is 1.27 bits per heavy atom. The van der Waals surface area contributed by atoms with Crippen LogP contribution in [0.15, 0.2) is 29.3 Å². The van der Waals surface area contributed by atoms with Crippen molar-refractivity contribution < 1.29 is 9.53 Å². The number of hydrogen-bond donors (Lipinski definition) is 2. The lowest BCUT2D eigenvalue weighted by atomic mass is 10.1. The van der Waals surface area contributed by atoms with Crippen LogP contribution in [0.4, 0.5) is 5.69 Å². The van der Waals surface area contributed by atoms with Crippen molar-refractivity contribution >= 4 is 17.6 Å². The summed E-state index contributed by atoms with van der Waals surface area (Å²) in [6.45, 7) is 9.63. The van der Waals surface area contributed by atoms with Crippen molar-refractivity contribution in [3.05, 3.63) is 29.8 Å². The van der Waals surface area contributed by atoms with Gasteiger partial charge >= 0.3 is 0 Å². The summed E-state index contributed by atoms with van der Waals surface area (Å²) in [5, 5.41) is 6.22. The predicted molar refractivity (Wildman–Crippen MR) is 107 cm³/mol. The van der Waals surface area contributed by atoms with Crippen molar-refractivity contribution in [3.63, 3.8) is 0 Å². The molecule has 0 spiro atoms. The number of aryl methyl sites for hydroxylation is 1. The number of rotatable bonds is 7. The maximum atomic E-state index is 12.3. The van der Waals surface area contributed by atoms with Crippen molar-refractivity contribution in [2.45, 2.75) is 46.1 Å². The molecule has 6 nitrogen and oxygen atoms in total. The molecule has 144 valence electrons. The molecule has 1 amide bonds. The van der Waals surface area contributed by atoms with Crippen molar-refractivity contribution in [1.82, 2.24) is 10.2 Å². The monoisotopic (exact) mass is 360 g/mol. The maximum Gasteiger partial charge on any atom is 0.246 e. The summed E-state index contributed by atoms with van der Waals surface area (Å²) in [6.07, 6.45) is 3.28. The number of aliphatic imine (C=N–C) groups is 1. The third-order valence-electron chi connectivity index (χ3n) is 4.47. The Balaban J connectivity index is 1.90. The zero-order valence-corrected chi connectivity index (χ0v) is 16.3. The molecule has 1 heterocycles. The largest absolute Gasteiger partial charge is 0.378 e. The predicted octanol–water partition coefficient (Wildman–Crippen LogP) is 2.65. The van der Waals surface area contributed by atoms with Gasteiger partial charge in [0.15, 0.2) is 5.96 Å². The first-order valence-corrected chi connectivity index (χ1v) is 9.69. The number of likely N-dealkylation sites (tertiary alicyclic amines) is 1. The number of anilines is 1. The molecule has 0 unspecified atom stereocenters. The molecule has 6 heteroatoms. The highest BCUT2D eigenvalue weighted by molar-refractivity contribution is 5.94. The minimum Gasteiger partial charge on any atom is -0.378 e. The van der Waals surface area contributed by atoms with Crippen LogP contribution in [0.2, 0.25) is 0 Å². The molecule has 1 saturated heterocycles. The van der Waals surface area contributed by atoms with E-state index in [1.54, 1.807) is 0 Å². The topological polar surface area (TPSA) is 66.0 Å². The van der Waals surface area contributed by atoms with E-state index in [1.165, 1.54) is 5.56 Å². The highest BCUT2D eigenvalue weighted by Gasteiger charge is 2.21. The number of benzene rings is 1. The first-order valence-electron chi connectivity index (χ1n) is 9.69. The molecule has 0 aromatic heterocycles. The van der Waals surface area contributed by atoms with Gasteiger partial charge < -0.3 is 20.3 Å². The van der Waals surface area contributed by atoms with Crippen LogP contribution in [0.5, 0.6) is 0 Å². The summed E-state index contributed by atoms with van der Waals surface area (Å²) in [5.74, 6) is 0.706. The first-order chi connectivity index (χ1) is 12.7. The lowest BCUT2D eigenvalue weighted by Gasteiger charge is -2.34. The molecule has 0 aliphatic carbocycles. The fourth-order valence-electron chi connectivity index (χ4n) is 3.11. The van der Waals surface area contributed by atoms with Gasteiger partial charge in [0, 0.05) is 31.9 Å². The van der Waals surface area contributed by atoms with Crippen molar-refractivity contribution in [2.24, 2.45) is 4.99 Å². The molecule has 0 bridgehead atoms. The molecule has 1 aromatic rings. The van der Waals surface area contributed by atoms with E-state index in [0.29, 0.717) is 6.10 Å². The highest BCUT2D eigenvalue weighted by atomic mass is 16.5. The Morgan fingerprint density at radius 2 is 2.04 bits per heavy atom. The smallest absolute Gasteiger partial charge is 0.246 e. The summed E-state index contributed by atoms with van der Waals surface area (Å²) < 4.78 is 5.70. The lowest BCUT2D eigenvalue weighted by molar-refractivity contribution is -0.114. The summed E-state index contributed by atoms with van der Waals surface area (Å²) in [6, 6.07) is 7.93. The van der Waals surface area contributed by atoms with Gasteiger partial charge in [0.2, 0.25) is 5.91 Å². The standard InChI is InChI=1S/C20H32N4O2/c1-4-16-8-7-9-17(14-16)23-19(25)15-22-20(21-5-2)24-12-10-18(11-13-24)26-6-3/h7-9,14,18H,4-6,10-13,15H2,1-3H3,(H,21,22)(H,23,25). The summed E-state index contributed by atoms with van der Waals surface area (Å²) in [4.78, 5) is 19.0. The van der Waals surface area contributed by atoms with E-state index in [0.717, 1.165) is 57.2 Å². The Bertz CT molecular complexity index is 595. The molecule has 0 saturated carbocycles. The summed E-state index contributed by atoms with van der Waals surface area (Å²) in [7, 11) is 0. The number of piperidine rings is 1. The van der Waals surface area contributed by atoms with Gasteiger partial charge in [0.25, 0.3) is 0 Å². The molecular formula is C20H32N4O2. The Hall–Kier alpha value is -2.08. The van der Waals surface area contributed by atoms with Gasteiger partial charge in [-0.1, -0.05) is 19.1 Å². The average Bonchev–Trinajstić information content (AvgIpc) is 2.66. The number of amides is 1. The number of guanidine groups is 1. The number of ether oxygens (including phenoxy) is 1. The van der Waals surface area contributed by atoms with Gasteiger partial charge in [0.05, 0.1) is 6.10 Å². The molecule has 26 heavy (non-hydrogen) atoms. The molecule has 0 radical (unpaired) electrons. The molecule has 1 aliphatic heterocycles. The van der Waals surface area contributed by atoms with Crippen molar-refractivity contribution in [3.8, 4) is 0 Å². The maximum absolute atomic E-state index is 12.3. The second-order valence-corrected chi connectivity index (χ2v) is 6.41. The number of nitrogens with zero attached hydrogens (tertiary/aromatic N) is 2. The van der Waals surface area contributed by atoms with Crippen LogP contribution in [0.3, 0.4) is 0 Å². The van der Waals surface area contributed by atoms with Crippen LogP contribution < -0.4 is 10.6 Å². The Morgan fingerprint density at radius 3 is 2.69 bits per heavy atom. The molecule has 2 N–H and O–H groups in total. The molecular weight excluding hydrogens is 328 g/mol.